The van der Waals surface area contributed by atoms with Crippen LogP contribution in [0.3, 0.4) is 0 Å². The number of nitrogens with two attached hydrogens (primary N) is 1. The lowest BCUT2D eigenvalue weighted by Crippen LogP contribution is -2.35. The Bertz CT molecular complexity index is 411. The number of halogens is 2. The molecule has 2 rings (SSSR count). The van der Waals surface area contributed by atoms with Crippen LogP contribution >= 0.6 is 0 Å². The minimum absolute atomic E-state index is 0.0610. The third-order valence-corrected chi connectivity index (χ3v) is 4.54. The molecule has 1 nitrogen and oxygen atoms in total. The molecular weight excluding hydrogens is 244 g/mol. The molecule has 19 heavy (non-hydrogen) atoms. The molecule has 1 fully saturated rings. The molecule has 106 valence electrons. The van der Waals surface area contributed by atoms with Crippen LogP contribution in [0.15, 0.2) is 18.2 Å². The average molecular weight is 267 g/mol. The van der Waals surface area contributed by atoms with Gasteiger partial charge in [-0.1, -0.05) is 26.2 Å². The van der Waals surface area contributed by atoms with Crippen molar-refractivity contribution >= 4 is 0 Å². The Labute approximate surface area is 114 Å². The zero-order valence-electron chi connectivity index (χ0n) is 11.5. The average Bonchev–Trinajstić information content (AvgIpc) is 2.43. The summed E-state index contributed by atoms with van der Waals surface area (Å²) >= 11 is 0. The summed E-state index contributed by atoms with van der Waals surface area (Å²) in [4.78, 5) is 0. The minimum atomic E-state index is -0.390. The van der Waals surface area contributed by atoms with Gasteiger partial charge >= 0.3 is 0 Å². The zero-order chi connectivity index (χ0) is 13.8. The lowest BCUT2D eigenvalue weighted by Gasteiger charge is -2.31. The summed E-state index contributed by atoms with van der Waals surface area (Å²) in [7, 11) is 0. The van der Waals surface area contributed by atoms with Crippen LogP contribution in [0.25, 0.3) is 0 Å². The van der Waals surface area contributed by atoms with E-state index >= 15 is 0 Å². The first kappa shape index (κ1) is 14.4. The summed E-state index contributed by atoms with van der Waals surface area (Å²) in [5, 5.41) is 0. The molecule has 0 amide bonds. The van der Waals surface area contributed by atoms with E-state index in [0.29, 0.717) is 17.9 Å². The van der Waals surface area contributed by atoms with Crippen molar-refractivity contribution in [2.75, 3.05) is 0 Å². The Morgan fingerprint density at radius 3 is 2.53 bits per heavy atom. The van der Waals surface area contributed by atoms with Crippen LogP contribution in [0.5, 0.6) is 0 Å². The summed E-state index contributed by atoms with van der Waals surface area (Å²) in [6, 6.07) is 3.55. The Hall–Kier alpha value is -0.960. The Balaban J connectivity index is 1.94. The maximum absolute atomic E-state index is 13.6. The Morgan fingerprint density at radius 2 is 1.89 bits per heavy atom. The summed E-state index contributed by atoms with van der Waals surface area (Å²) < 4.78 is 26.7. The first-order chi connectivity index (χ1) is 9.10. The molecule has 1 saturated carbocycles. The molecule has 0 saturated heterocycles. The molecular formula is C16H23F2N. The smallest absolute Gasteiger partial charge is 0.126 e. The highest BCUT2D eigenvalue weighted by atomic mass is 19.1. The SMILES string of the molecule is CCC1CCC(C(N)Cc2cc(F)ccc2F)CC1. The van der Waals surface area contributed by atoms with Gasteiger partial charge in [0.25, 0.3) is 0 Å². The van der Waals surface area contributed by atoms with E-state index in [4.69, 9.17) is 5.73 Å². The molecule has 3 heteroatoms. The second kappa shape index (κ2) is 6.47. The van der Waals surface area contributed by atoms with Crippen LogP contribution in [-0.4, -0.2) is 6.04 Å². The van der Waals surface area contributed by atoms with Gasteiger partial charge in [-0.15, -0.1) is 0 Å². The van der Waals surface area contributed by atoms with E-state index in [2.05, 4.69) is 6.92 Å². The number of hydrogen-bond acceptors (Lipinski definition) is 1. The van der Waals surface area contributed by atoms with Gasteiger partial charge in [0.2, 0.25) is 0 Å². The van der Waals surface area contributed by atoms with Crippen molar-refractivity contribution in [1.29, 1.82) is 0 Å². The first-order valence-corrected chi connectivity index (χ1v) is 7.29. The van der Waals surface area contributed by atoms with Crippen LogP contribution in [0.4, 0.5) is 8.78 Å². The second-order valence-corrected chi connectivity index (χ2v) is 5.79. The van der Waals surface area contributed by atoms with Gasteiger partial charge in [-0.3, -0.25) is 0 Å². The largest absolute Gasteiger partial charge is 0.327 e. The highest BCUT2D eigenvalue weighted by molar-refractivity contribution is 5.20. The van der Waals surface area contributed by atoms with Gasteiger partial charge in [-0.25, -0.2) is 8.78 Å². The molecule has 1 aromatic rings. The van der Waals surface area contributed by atoms with Crippen molar-refractivity contribution < 1.29 is 8.78 Å². The maximum Gasteiger partial charge on any atom is 0.126 e. The lowest BCUT2D eigenvalue weighted by atomic mass is 9.76. The molecule has 0 aromatic heterocycles. The molecule has 1 atom stereocenters. The van der Waals surface area contributed by atoms with Crippen LogP contribution < -0.4 is 5.73 Å². The Morgan fingerprint density at radius 1 is 1.21 bits per heavy atom. The van der Waals surface area contributed by atoms with Crippen molar-refractivity contribution in [2.24, 2.45) is 17.6 Å². The van der Waals surface area contributed by atoms with Gasteiger partial charge < -0.3 is 5.73 Å². The van der Waals surface area contributed by atoms with Gasteiger partial charge in [0.1, 0.15) is 11.6 Å². The summed E-state index contributed by atoms with van der Waals surface area (Å²) in [6.45, 7) is 2.23. The van der Waals surface area contributed by atoms with E-state index in [-0.39, 0.29) is 11.9 Å². The van der Waals surface area contributed by atoms with Crippen molar-refractivity contribution in [1.82, 2.24) is 0 Å². The monoisotopic (exact) mass is 267 g/mol. The highest BCUT2D eigenvalue weighted by Crippen LogP contribution is 2.32. The molecule has 0 heterocycles. The van der Waals surface area contributed by atoms with Crippen LogP contribution in [0.1, 0.15) is 44.6 Å². The minimum Gasteiger partial charge on any atom is -0.327 e. The van der Waals surface area contributed by atoms with Crippen molar-refractivity contribution in [3.8, 4) is 0 Å². The van der Waals surface area contributed by atoms with Gasteiger partial charge in [0, 0.05) is 6.04 Å². The number of benzene rings is 1. The first-order valence-electron chi connectivity index (χ1n) is 7.29. The number of rotatable bonds is 4. The van der Waals surface area contributed by atoms with Gasteiger partial charge in [-0.05, 0) is 54.9 Å². The molecule has 1 aliphatic rings. The van der Waals surface area contributed by atoms with Crippen LogP contribution in [-0.2, 0) is 6.42 Å². The van der Waals surface area contributed by atoms with E-state index in [1.165, 1.54) is 31.4 Å². The van der Waals surface area contributed by atoms with Crippen molar-refractivity contribution in [3.63, 3.8) is 0 Å². The fraction of sp³-hybridized carbons (Fsp3) is 0.625. The molecule has 2 N–H and O–H groups in total. The quantitative estimate of drug-likeness (QED) is 0.875. The predicted molar refractivity (Wildman–Crippen MR) is 73.8 cm³/mol. The summed E-state index contributed by atoms with van der Waals surface area (Å²) in [6.07, 6.45) is 6.36. The Kier molecular flexibility index (Phi) is 4.92. The lowest BCUT2D eigenvalue weighted by molar-refractivity contribution is 0.237. The molecule has 0 radical (unpaired) electrons. The zero-order valence-corrected chi connectivity index (χ0v) is 11.5. The van der Waals surface area contributed by atoms with Crippen LogP contribution in [0, 0.1) is 23.5 Å². The van der Waals surface area contributed by atoms with Crippen molar-refractivity contribution in [2.45, 2.75) is 51.5 Å². The summed E-state index contributed by atoms with van der Waals surface area (Å²) in [5.74, 6) is 0.539. The normalized spacial score (nSPS) is 25.3. The topological polar surface area (TPSA) is 26.0 Å². The maximum atomic E-state index is 13.6. The van der Waals surface area contributed by atoms with Crippen molar-refractivity contribution in [3.05, 3.63) is 35.4 Å². The molecule has 0 spiro atoms. The fourth-order valence-corrected chi connectivity index (χ4v) is 3.14. The molecule has 1 aliphatic carbocycles. The van der Waals surface area contributed by atoms with E-state index < -0.39 is 5.82 Å². The standard InChI is InChI=1S/C16H23F2N/c1-2-11-3-5-12(6-4-11)16(19)10-13-9-14(17)7-8-15(13)18/h7-9,11-12,16H,2-6,10,19H2,1H3. The van der Waals surface area contributed by atoms with E-state index in [9.17, 15) is 8.78 Å². The van der Waals surface area contributed by atoms with E-state index in [0.717, 1.165) is 24.8 Å². The predicted octanol–water partition coefficient (Wildman–Crippen LogP) is 4.05. The third-order valence-electron chi connectivity index (χ3n) is 4.54. The molecule has 1 unspecified atom stereocenters. The third kappa shape index (κ3) is 3.75. The molecule has 0 aliphatic heterocycles. The second-order valence-electron chi connectivity index (χ2n) is 5.79. The van der Waals surface area contributed by atoms with Crippen LogP contribution in [0.2, 0.25) is 0 Å². The van der Waals surface area contributed by atoms with Gasteiger partial charge in [0.05, 0.1) is 0 Å². The molecule has 0 bridgehead atoms. The highest BCUT2D eigenvalue weighted by Gasteiger charge is 2.25. The van der Waals surface area contributed by atoms with Gasteiger partial charge in [-0.2, -0.15) is 0 Å². The summed E-state index contributed by atoms with van der Waals surface area (Å²) in [5.41, 5.74) is 6.60. The van der Waals surface area contributed by atoms with Gasteiger partial charge in [0.15, 0.2) is 0 Å². The fourth-order valence-electron chi connectivity index (χ4n) is 3.14. The molecule has 1 aromatic carbocycles. The van der Waals surface area contributed by atoms with E-state index in [1.807, 2.05) is 0 Å². The van der Waals surface area contributed by atoms with E-state index in [1.54, 1.807) is 0 Å². The number of hydrogen-bond donors (Lipinski definition) is 1.